The molecule has 0 spiro atoms. The fraction of sp³-hybridized carbons (Fsp3) is 0.0714. The van der Waals surface area contributed by atoms with Crippen LogP contribution in [0.15, 0.2) is 54.6 Å². The summed E-state index contributed by atoms with van der Waals surface area (Å²) in [6.07, 6.45) is 0. The van der Waals surface area contributed by atoms with E-state index in [0.29, 0.717) is 5.11 Å². The number of anilines is 1. The van der Waals surface area contributed by atoms with Crippen LogP contribution in [0.1, 0.15) is 0 Å². The number of benzene rings is 2. The summed E-state index contributed by atoms with van der Waals surface area (Å²) in [7, 11) is 1.78. The minimum atomic E-state index is 0.590. The van der Waals surface area contributed by atoms with Crippen molar-refractivity contribution in [1.82, 2.24) is 5.32 Å². The maximum Gasteiger partial charge on any atom is 0.170 e. The van der Waals surface area contributed by atoms with E-state index in [0.717, 1.165) is 17.2 Å². The number of hydrogen-bond acceptors (Lipinski definition) is 2. The van der Waals surface area contributed by atoms with Crippen LogP contribution in [-0.4, -0.2) is 12.2 Å². The lowest BCUT2D eigenvalue weighted by atomic mass is 10.3. The van der Waals surface area contributed by atoms with E-state index in [9.17, 15) is 0 Å². The third-order valence-corrected chi connectivity index (χ3v) is 2.62. The minimum absolute atomic E-state index is 0.590. The molecular formula is C14H14N2OS. The highest BCUT2D eigenvalue weighted by Crippen LogP contribution is 2.22. The Balaban J connectivity index is 2.02. The van der Waals surface area contributed by atoms with Gasteiger partial charge in [-0.25, -0.2) is 0 Å². The second-order valence-corrected chi connectivity index (χ2v) is 4.05. The Kier molecular flexibility index (Phi) is 4.15. The van der Waals surface area contributed by atoms with Crippen LogP contribution in [0.2, 0.25) is 0 Å². The monoisotopic (exact) mass is 258 g/mol. The summed E-state index contributed by atoms with van der Waals surface area (Å²) in [5.41, 5.74) is 0.926. The van der Waals surface area contributed by atoms with Gasteiger partial charge in [0.05, 0.1) is 0 Å². The number of ether oxygens (including phenoxy) is 1. The molecule has 0 aliphatic heterocycles. The van der Waals surface area contributed by atoms with Crippen LogP contribution in [0.3, 0.4) is 0 Å². The molecule has 0 aliphatic carbocycles. The normalized spacial score (nSPS) is 9.61. The summed E-state index contributed by atoms with van der Waals surface area (Å²) >= 11 is 5.02. The maximum atomic E-state index is 5.69. The molecule has 2 N–H and O–H groups in total. The van der Waals surface area contributed by atoms with Crippen LogP contribution in [-0.2, 0) is 0 Å². The van der Waals surface area contributed by atoms with Crippen molar-refractivity contribution in [2.24, 2.45) is 0 Å². The molecule has 0 aliphatic rings. The minimum Gasteiger partial charge on any atom is -0.457 e. The largest absolute Gasteiger partial charge is 0.457 e. The van der Waals surface area contributed by atoms with E-state index in [1.54, 1.807) is 7.05 Å². The van der Waals surface area contributed by atoms with E-state index in [1.165, 1.54) is 0 Å². The van der Waals surface area contributed by atoms with E-state index in [-0.39, 0.29) is 0 Å². The fourth-order valence-electron chi connectivity index (χ4n) is 1.42. The smallest absolute Gasteiger partial charge is 0.170 e. The first kappa shape index (κ1) is 12.4. The summed E-state index contributed by atoms with van der Waals surface area (Å²) in [5, 5.41) is 6.49. The van der Waals surface area contributed by atoms with Gasteiger partial charge in [0.2, 0.25) is 0 Å². The molecule has 0 aromatic heterocycles. The van der Waals surface area contributed by atoms with E-state index < -0.39 is 0 Å². The lowest BCUT2D eigenvalue weighted by molar-refractivity contribution is 0.483. The highest BCUT2D eigenvalue weighted by atomic mass is 32.1. The summed E-state index contributed by atoms with van der Waals surface area (Å²) < 4.78 is 5.69. The maximum absolute atomic E-state index is 5.69. The number of rotatable bonds is 3. The van der Waals surface area contributed by atoms with Gasteiger partial charge >= 0.3 is 0 Å². The van der Waals surface area contributed by atoms with Gasteiger partial charge in [0.15, 0.2) is 5.11 Å². The third kappa shape index (κ3) is 3.46. The Bertz CT molecular complexity index is 511. The average Bonchev–Trinajstić information content (AvgIpc) is 2.42. The Labute approximate surface area is 112 Å². The van der Waals surface area contributed by atoms with Gasteiger partial charge in [0.1, 0.15) is 11.5 Å². The topological polar surface area (TPSA) is 33.3 Å². The number of para-hydroxylation sites is 1. The van der Waals surface area contributed by atoms with E-state index in [1.807, 2.05) is 54.6 Å². The zero-order valence-electron chi connectivity index (χ0n) is 10.0. The molecule has 92 valence electrons. The first-order valence-corrected chi connectivity index (χ1v) is 6.00. The summed E-state index contributed by atoms with van der Waals surface area (Å²) in [6.45, 7) is 0. The summed E-state index contributed by atoms with van der Waals surface area (Å²) in [4.78, 5) is 0. The van der Waals surface area contributed by atoms with Gasteiger partial charge < -0.3 is 15.4 Å². The van der Waals surface area contributed by atoms with Gasteiger partial charge in [-0.1, -0.05) is 18.2 Å². The lowest BCUT2D eigenvalue weighted by Crippen LogP contribution is -2.23. The molecule has 3 nitrogen and oxygen atoms in total. The van der Waals surface area contributed by atoms with Crippen molar-refractivity contribution in [2.75, 3.05) is 12.4 Å². The molecule has 4 heteroatoms. The number of nitrogens with one attached hydrogen (secondary N) is 2. The molecule has 0 heterocycles. The zero-order chi connectivity index (χ0) is 12.8. The molecule has 0 bridgehead atoms. The molecule has 0 saturated heterocycles. The van der Waals surface area contributed by atoms with Crippen LogP contribution in [0.25, 0.3) is 0 Å². The highest BCUT2D eigenvalue weighted by Gasteiger charge is 1.98. The van der Waals surface area contributed by atoms with Gasteiger partial charge in [0, 0.05) is 12.7 Å². The fourth-order valence-corrected chi connectivity index (χ4v) is 1.54. The molecule has 0 amide bonds. The van der Waals surface area contributed by atoms with Gasteiger partial charge in [-0.2, -0.15) is 0 Å². The first-order valence-electron chi connectivity index (χ1n) is 5.59. The van der Waals surface area contributed by atoms with Crippen LogP contribution < -0.4 is 15.4 Å². The molecule has 0 atom stereocenters. The molecular weight excluding hydrogens is 244 g/mol. The van der Waals surface area contributed by atoms with Crippen LogP contribution >= 0.6 is 12.2 Å². The molecule has 0 fully saturated rings. The number of thiocarbonyl (C=S) groups is 1. The van der Waals surface area contributed by atoms with Crippen molar-refractivity contribution in [1.29, 1.82) is 0 Å². The van der Waals surface area contributed by atoms with Crippen molar-refractivity contribution >= 4 is 23.0 Å². The zero-order valence-corrected chi connectivity index (χ0v) is 10.8. The summed E-state index contributed by atoms with van der Waals surface area (Å²) in [6, 6.07) is 17.3. The first-order chi connectivity index (χ1) is 8.78. The molecule has 0 radical (unpaired) electrons. The summed E-state index contributed by atoms with van der Waals surface area (Å²) in [5.74, 6) is 1.62. The molecule has 0 saturated carbocycles. The Morgan fingerprint density at radius 2 is 1.56 bits per heavy atom. The highest BCUT2D eigenvalue weighted by molar-refractivity contribution is 7.80. The quantitative estimate of drug-likeness (QED) is 0.827. The van der Waals surface area contributed by atoms with Gasteiger partial charge in [-0.3, -0.25) is 0 Å². The average molecular weight is 258 g/mol. The van der Waals surface area contributed by atoms with Crippen molar-refractivity contribution in [3.63, 3.8) is 0 Å². The number of hydrogen-bond donors (Lipinski definition) is 2. The van der Waals surface area contributed by atoms with Crippen LogP contribution in [0.5, 0.6) is 11.5 Å². The van der Waals surface area contributed by atoms with E-state index in [2.05, 4.69) is 10.6 Å². The molecule has 2 aromatic rings. The van der Waals surface area contributed by atoms with E-state index >= 15 is 0 Å². The second kappa shape index (κ2) is 6.02. The van der Waals surface area contributed by atoms with Crippen LogP contribution in [0.4, 0.5) is 5.69 Å². The molecule has 2 aromatic carbocycles. The van der Waals surface area contributed by atoms with Crippen molar-refractivity contribution in [3.8, 4) is 11.5 Å². The van der Waals surface area contributed by atoms with Gasteiger partial charge in [-0.15, -0.1) is 0 Å². The molecule has 0 unspecified atom stereocenters. The van der Waals surface area contributed by atoms with Crippen molar-refractivity contribution in [3.05, 3.63) is 54.6 Å². The lowest BCUT2D eigenvalue weighted by Gasteiger charge is -2.09. The Hall–Kier alpha value is -2.07. The molecule has 2 rings (SSSR count). The second-order valence-electron chi connectivity index (χ2n) is 3.64. The van der Waals surface area contributed by atoms with Gasteiger partial charge in [-0.05, 0) is 48.6 Å². The molecule has 18 heavy (non-hydrogen) atoms. The van der Waals surface area contributed by atoms with Gasteiger partial charge in [0.25, 0.3) is 0 Å². The predicted octanol–water partition coefficient (Wildman–Crippen LogP) is 3.40. The SMILES string of the molecule is CNC(=S)Nc1ccc(Oc2ccccc2)cc1. The van der Waals surface area contributed by atoms with Crippen molar-refractivity contribution in [2.45, 2.75) is 0 Å². The Morgan fingerprint density at radius 3 is 2.17 bits per heavy atom. The van der Waals surface area contributed by atoms with Crippen LogP contribution in [0, 0.1) is 0 Å². The predicted molar refractivity (Wildman–Crippen MR) is 78.2 cm³/mol. The standard InChI is InChI=1S/C14H14N2OS/c1-15-14(18)16-11-7-9-13(10-8-11)17-12-5-3-2-4-6-12/h2-10H,1H3,(H2,15,16,18). The van der Waals surface area contributed by atoms with E-state index in [4.69, 9.17) is 17.0 Å². The van der Waals surface area contributed by atoms with Crippen molar-refractivity contribution < 1.29 is 4.74 Å². The third-order valence-electron chi connectivity index (χ3n) is 2.32. The Morgan fingerprint density at radius 1 is 0.944 bits per heavy atom.